The molecule has 0 aliphatic carbocycles. The van der Waals surface area contributed by atoms with E-state index in [9.17, 15) is 13.2 Å². The monoisotopic (exact) mass is 273 g/mol. The summed E-state index contributed by atoms with van der Waals surface area (Å²) in [5, 5.41) is 0. The Kier molecular flexibility index (Phi) is 4.65. The molecule has 2 heterocycles. The normalized spacial score (nSPS) is 25.7. The first-order valence-corrected chi connectivity index (χ1v) is 8.87. The molecule has 0 saturated carbocycles. The molecule has 0 N–H and O–H groups in total. The third kappa shape index (κ3) is 3.97. The van der Waals surface area contributed by atoms with Crippen molar-refractivity contribution in [2.24, 2.45) is 5.92 Å². The maximum Gasteiger partial charge on any atom is 0.222 e. The Labute approximate surface area is 110 Å². The molecule has 0 bridgehead atoms. The van der Waals surface area contributed by atoms with E-state index in [1.54, 1.807) is 0 Å². The van der Waals surface area contributed by atoms with Crippen LogP contribution in [-0.4, -0.2) is 43.8 Å². The van der Waals surface area contributed by atoms with Crippen molar-refractivity contribution in [2.75, 3.05) is 24.6 Å². The van der Waals surface area contributed by atoms with Crippen LogP contribution in [0.1, 0.15) is 44.9 Å². The molecule has 0 spiro atoms. The average molecular weight is 273 g/mol. The van der Waals surface area contributed by atoms with Crippen molar-refractivity contribution in [3.05, 3.63) is 0 Å². The second-order valence-electron chi connectivity index (χ2n) is 5.59. The van der Waals surface area contributed by atoms with Gasteiger partial charge in [-0.3, -0.25) is 4.79 Å². The topological polar surface area (TPSA) is 54.5 Å². The van der Waals surface area contributed by atoms with Crippen LogP contribution in [0.15, 0.2) is 0 Å². The van der Waals surface area contributed by atoms with Gasteiger partial charge >= 0.3 is 0 Å². The van der Waals surface area contributed by atoms with E-state index >= 15 is 0 Å². The number of hydrogen-bond acceptors (Lipinski definition) is 3. The molecule has 0 radical (unpaired) electrons. The number of hydrogen-bond donors (Lipinski definition) is 0. The summed E-state index contributed by atoms with van der Waals surface area (Å²) in [6.45, 7) is 1.79. The van der Waals surface area contributed by atoms with E-state index in [-0.39, 0.29) is 23.3 Å². The van der Waals surface area contributed by atoms with E-state index in [0.717, 1.165) is 25.9 Å². The lowest BCUT2D eigenvalue weighted by Gasteiger charge is -2.26. The smallest absolute Gasteiger partial charge is 0.222 e. The minimum atomic E-state index is -2.81. The summed E-state index contributed by atoms with van der Waals surface area (Å²) < 4.78 is 22.7. The summed E-state index contributed by atoms with van der Waals surface area (Å²) in [4.78, 5) is 14.1. The van der Waals surface area contributed by atoms with E-state index < -0.39 is 9.84 Å². The van der Waals surface area contributed by atoms with Crippen molar-refractivity contribution in [2.45, 2.75) is 44.9 Å². The molecular weight excluding hydrogens is 250 g/mol. The van der Waals surface area contributed by atoms with Crippen LogP contribution >= 0.6 is 0 Å². The molecule has 2 fully saturated rings. The zero-order chi connectivity index (χ0) is 13.0. The molecule has 0 aromatic rings. The minimum absolute atomic E-state index is 0.237. The van der Waals surface area contributed by atoms with Gasteiger partial charge in [0.1, 0.15) is 9.84 Å². The highest BCUT2D eigenvalue weighted by atomic mass is 32.2. The van der Waals surface area contributed by atoms with Crippen molar-refractivity contribution in [3.63, 3.8) is 0 Å². The van der Waals surface area contributed by atoms with Crippen molar-refractivity contribution in [1.29, 1.82) is 0 Å². The van der Waals surface area contributed by atoms with Crippen LogP contribution in [0.25, 0.3) is 0 Å². The Hall–Kier alpha value is -0.580. The molecular formula is C13H23NO3S. The molecule has 0 atom stereocenters. The van der Waals surface area contributed by atoms with Crippen LogP contribution < -0.4 is 0 Å². The van der Waals surface area contributed by atoms with E-state index in [0.29, 0.717) is 19.3 Å². The minimum Gasteiger partial charge on any atom is -0.343 e. The van der Waals surface area contributed by atoms with E-state index in [4.69, 9.17) is 0 Å². The van der Waals surface area contributed by atoms with Gasteiger partial charge in [0.2, 0.25) is 5.91 Å². The highest BCUT2D eigenvalue weighted by molar-refractivity contribution is 7.91. The van der Waals surface area contributed by atoms with Crippen molar-refractivity contribution < 1.29 is 13.2 Å². The molecule has 2 saturated heterocycles. The van der Waals surface area contributed by atoms with Crippen LogP contribution in [0.2, 0.25) is 0 Å². The summed E-state index contributed by atoms with van der Waals surface area (Å²) >= 11 is 0. The van der Waals surface area contributed by atoms with Gasteiger partial charge in [0, 0.05) is 19.5 Å². The van der Waals surface area contributed by atoms with Crippen LogP contribution in [0.4, 0.5) is 0 Å². The fourth-order valence-corrected chi connectivity index (χ4v) is 4.43. The molecule has 1 amide bonds. The number of likely N-dealkylation sites (tertiary alicyclic amines) is 1. The third-order valence-electron chi connectivity index (χ3n) is 4.10. The highest BCUT2D eigenvalue weighted by Crippen LogP contribution is 2.23. The zero-order valence-electron chi connectivity index (χ0n) is 10.9. The maximum absolute atomic E-state index is 12.2. The van der Waals surface area contributed by atoms with Gasteiger partial charge in [-0.1, -0.05) is 12.8 Å². The molecule has 4 nitrogen and oxygen atoms in total. The van der Waals surface area contributed by atoms with Gasteiger partial charge in [0.05, 0.1) is 11.5 Å². The van der Waals surface area contributed by atoms with Crippen molar-refractivity contribution >= 4 is 15.7 Å². The van der Waals surface area contributed by atoms with Crippen LogP contribution in [0.3, 0.4) is 0 Å². The standard InChI is InChI=1S/C13H23NO3S/c15-13(14-7-3-1-2-4-8-14)11-12-5-9-18(16,17)10-6-12/h12H,1-11H2. The van der Waals surface area contributed by atoms with Gasteiger partial charge in [-0.05, 0) is 31.6 Å². The molecule has 0 aromatic heterocycles. The van der Waals surface area contributed by atoms with Gasteiger partial charge in [0.25, 0.3) is 0 Å². The van der Waals surface area contributed by atoms with Crippen LogP contribution in [0, 0.1) is 5.92 Å². The molecule has 18 heavy (non-hydrogen) atoms. The first-order chi connectivity index (χ1) is 8.57. The number of nitrogens with zero attached hydrogens (tertiary/aromatic N) is 1. The lowest BCUT2D eigenvalue weighted by Crippen LogP contribution is -2.34. The Bertz CT molecular complexity index is 369. The van der Waals surface area contributed by atoms with Gasteiger partial charge < -0.3 is 4.90 Å². The highest BCUT2D eigenvalue weighted by Gasteiger charge is 2.27. The summed E-state index contributed by atoms with van der Waals surface area (Å²) in [6, 6.07) is 0. The lowest BCUT2D eigenvalue weighted by molar-refractivity contribution is -0.132. The number of carbonyl (C=O) groups excluding carboxylic acids is 1. The van der Waals surface area contributed by atoms with Gasteiger partial charge in [-0.2, -0.15) is 0 Å². The molecule has 5 heteroatoms. The quantitative estimate of drug-likeness (QED) is 0.768. The number of sulfone groups is 1. The number of carbonyl (C=O) groups is 1. The van der Waals surface area contributed by atoms with Crippen molar-refractivity contribution in [3.8, 4) is 0 Å². The fraction of sp³-hybridized carbons (Fsp3) is 0.923. The predicted molar refractivity (Wildman–Crippen MR) is 71.0 cm³/mol. The Morgan fingerprint density at radius 3 is 2.11 bits per heavy atom. The van der Waals surface area contributed by atoms with Gasteiger partial charge in [0.15, 0.2) is 0 Å². The largest absolute Gasteiger partial charge is 0.343 e. The van der Waals surface area contributed by atoms with Crippen molar-refractivity contribution in [1.82, 2.24) is 4.90 Å². The molecule has 104 valence electrons. The summed E-state index contributed by atoms with van der Waals surface area (Å²) in [5.41, 5.74) is 0. The summed E-state index contributed by atoms with van der Waals surface area (Å²) in [6.07, 6.45) is 6.58. The van der Waals surface area contributed by atoms with Gasteiger partial charge in [-0.25, -0.2) is 8.42 Å². The van der Waals surface area contributed by atoms with E-state index in [1.807, 2.05) is 4.90 Å². The SMILES string of the molecule is O=C(CC1CCS(=O)(=O)CC1)N1CCCCCC1. The average Bonchev–Trinajstić information content (AvgIpc) is 2.60. The molecule has 2 aliphatic heterocycles. The van der Waals surface area contributed by atoms with Crippen LogP contribution in [-0.2, 0) is 14.6 Å². The second-order valence-corrected chi connectivity index (χ2v) is 7.90. The maximum atomic E-state index is 12.2. The van der Waals surface area contributed by atoms with Gasteiger partial charge in [-0.15, -0.1) is 0 Å². The Morgan fingerprint density at radius 2 is 1.56 bits per heavy atom. The Morgan fingerprint density at radius 1 is 1.00 bits per heavy atom. The molecule has 0 unspecified atom stereocenters. The van der Waals surface area contributed by atoms with E-state index in [2.05, 4.69) is 0 Å². The molecule has 2 rings (SSSR count). The molecule has 0 aromatic carbocycles. The predicted octanol–water partition coefficient (Wildman–Crippen LogP) is 1.60. The third-order valence-corrected chi connectivity index (χ3v) is 5.81. The number of amides is 1. The summed E-state index contributed by atoms with van der Waals surface area (Å²) in [5.74, 6) is 1.06. The first-order valence-electron chi connectivity index (χ1n) is 7.05. The van der Waals surface area contributed by atoms with Crippen LogP contribution in [0.5, 0.6) is 0 Å². The fourth-order valence-electron chi connectivity index (χ4n) is 2.84. The first kappa shape index (κ1) is 13.8. The Balaban J connectivity index is 1.80. The number of rotatable bonds is 2. The van der Waals surface area contributed by atoms with E-state index in [1.165, 1.54) is 12.8 Å². The second kappa shape index (κ2) is 6.04. The zero-order valence-corrected chi connectivity index (χ0v) is 11.8. The molecule has 2 aliphatic rings. The lowest BCUT2D eigenvalue weighted by atomic mass is 9.98. The summed E-state index contributed by atoms with van der Waals surface area (Å²) in [7, 11) is -2.81.